The fourth-order valence-electron chi connectivity index (χ4n) is 2.92. The Kier molecular flexibility index (Phi) is 7.92. The van der Waals surface area contributed by atoms with E-state index in [1.54, 1.807) is 23.5 Å². The third-order valence-electron chi connectivity index (χ3n) is 4.35. The van der Waals surface area contributed by atoms with Crippen LogP contribution in [0.25, 0.3) is 11.1 Å². The second-order valence-corrected chi connectivity index (χ2v) is 10.1. The van der Waals surface area contributed by atoms with Crippen LogP contribution in [-0.4, -0.2) is 6.61 Å². The lowest BCUT2D eigenvalue weighted by Crippen LogP contribution is -1.97. The molecule has 0 atom stereocenters. The van der Waals surface area contributed by atoms with Crippen LogP contribution in [0, 0.1) is 5.82 Å². The number of hydrogen-bond donors (Lipinski definition) is 0. The molecule has 0 aliphatic carbocycles. The van der Waals surface area contributed by atoms with Gasteiger partial charge in [0, 0.05) is 0 Å². The molecule has 0 saturated carbocycles. The van der Waals surface area contributed by atoms with Crippen molar-refractivity contribution in [2.24, 2.45) is 0 Å². The predicted octanol–water partition coefficient (Wildman–Crippen LogP) is 8.26. The second kappa shape index (κ2) is 10.4. The van der Waals surface area contributed by atoms with Crippen LogP contribution < -0.4 is 4.74 Å². The molecule has 142 valence electrons. The monoisotopic (exact) mass is 510 g/mol. The Labute approximate surface area is 180 Å². The first kappa shape index (κ1) is 20.6. The maximum absolute atomic E-state index is 13.3. The van der Waals surface area contributed by atoms with Gasteiger partial charge < -0.3 is 4.74 Å². The van der Waals surface area contributed by atoms with E-state index in [4.69, 9.17) is 4.74 Å². The van der Waals surface area contributed by atoms with Gasteiger partial charge in [-0.2, -0.15) is 0 Å². The van der Waals surface area contributed by atoms with Crippen molar-refractivity contribution in [1.29, 1.82) is 0 Å². The summed E-state index contributed by atoms with van der Waals surface area (Å²) in [5.41, 5.74) is 3.26. The Balaban J connectivity index is 1.34. The lowest BCUT2D eigenvalue weighted by Gasteiger charge is -2.08. The number of aryl methyl sites for hydroxylation is 1. The Morgan fingerprint density at radius 3 is 2.33 bits per heavy atom. The summed E-state index contributed by atoms with van der Waals surface area (Å²) in [5.74, 6) is 0.647. The second-order valence-electron chi connectivity index (χ2n) is 6.40. The summed E-state index contributed by atoms with van der Waals surface area (Å²) in [4.78, 5) is 0. The molecule has 1 heterocycles. The van der Waals surface area contributed by atoms with Gasteiger partial charge in [-0.15, -0.1) is 11.3 Å². The molecular weight excluding hydrogens is 491 g/mol. The first-order chi connectivity index (χ1) is 13.1. The third-order valence-corrected chi connectivity index (χ3v) is 6.81. The third kappa shape index (κ3) is 6.44. The van der Waals surface area contributed by atoms with E-state index >= 15 is 0 Å². The molecule has 1 nitrogen and oxygen atoms in total. The highest BCUT2D eigenvalue weighted by Gasteiger charge is 2.05. The zero-order valence-corrected chi connectivity index (χ0v) is 18.9. The minimum atomic E-state index is -0.216. The molecule has 0 radical (unpaired) electrons. The van der Waals surface area contributed by atoms with Crippen molar-refractivity contribution >= 4 is 43.2 Å². The summed E-state index contributed by atoms with van der Waals surface area (Å²) in [6, 6.07) is 16.7. The summed E-state index contributed by atoms with van der Waals surface area (Å²) in [6.07, 6.45) is 5.75. The zero-order valence-electron chi connectivity index (χ0n) is 14.9. The van der Waals surface area contributed by atoms with Crippen molar-refractivity contribution in [3.8, 4) is 16.9 Å². The molecule has 0 spiro atoms. The number of unbranched alkanes of at least 4 members (excludes halogenated alkanes) is 3. The summed E-state index contributed by atoms with van der Waals surface area (Å²) in [5, 5.41) is 0. The van der Waals surface area contributed by atoms with Crippen molar-refractivity contribution in [2.75, 3.05) is 6.61 Å². The van der Waals surface area contributed by atoms with Crippen LogP contribution in [0.5, 0.6) is 5.75 Å². The molecule has 2 aromatic carbocycles. The van der Waals surface area contributed by atoms with E-state index in [0.29, 0.717) is 0 Å². The van der Waals surface area contributed by atoms with Gasteiger partial charge in [0.2, 0.25) is 0 Å². The molecule has 0 unspecified atom stereocenters. The van der Waals surface area contributed by atoms with E-state index in [-0.39, 0.29) is 5.82 Å². The van der Waals surface area contributed by atoms with Crippen molar-refractivity contribution < 1.29 is 9.13 Å². The summed E-state index contributed by atoms with van der Waals surface area (Å²) < 4.78 is 21.6. The largest absolute Gasteiger partial charge is 0.494 e. The zero-order chi connectivity index (χ0) is 19.1. The molecule has 0 aliphatic rings. The Bertz CT molecular complexity index is 861. The summed E-state index contributed by atoms with van der Waals surface area (Å²) in [7, 11) is 0. The van der Waals surface area contributed by atoms with Gasteiger partial charge >= 0.3 is 0 Å². The van der Waals surface area contributed by atoms with E-state index in [1.165, 1.54) is 38.5 Å². The number of halogens is 3. The Morgan fingerprint density at radius 2 is 1.63 bits per heavy atom. The van der Waals surface area contributed by atoms with Crippen LogP contribution in [0.4, 0.5) is 4.39 Å². The number of hydrogen-bond acceptors (Lipinski definition) is 2. The maximum atomic E-state index is 13.3. The van der Waals surface area contributed by atoms with Crippen LogP contribution in [-0.2, 0) is 6.42 Å². The highest BCUT2D eigenvalue weighted by molar-refractivity contribution is 9.12. The summed E-state index contributed by atoms with van der Waals surface area (Å²) >= 11 is 8.87. The highest BCUT2D eigenvalue weighted by Crippen LogP contribution is 2.32. The van der Waals surface area contributed by atoms with Crippen LogP contribution in [0.2, 0.25) is 0 Å². The molecule has 3 aromatic rings. The smallest absolute Gasteiger partial charge is 0.123 e. The number of benzene rings is 2. The molecule has 0 bridgehead atoms. The van der Waals surface area contributed by atoms with Gasteiger partial charge in [-0.05, 0) is 98.1 Å². The van der Waals surface area contributed by atoms with Crippen molar-refractivity contribution in [2.45, 2.75) is 32.1 Å². The molecule has 0 fully saturated rings. The van der Waals surface area contributed by atoms with Gasteiger partial charge in [-0.1, -0.05) is 37.1 Å². The topological polar surface area (TPSA) is 9.23 Å². The van der Waals surface area contributed by atoms with Crippen LogP contribution >= 0.6 is 43.2 Å². The molecule has 0 aliphatic heterocycles. The van der Waals surface area contributed by atoms with Crippen LogP contribution in [0.3, 0.4) is 0 Å². The SMILES string of the molecule is Fc1cccc(-c2ccc(OCCCCCCc3cc(Br)sc3Br)cc2)c1. The molecular formula is C22H21Br2FOS. The van der Waals surface area contributed by atoms with E-state index in [1.807, 2.05) is 30.3 Å². The molecule has 0 saturated heterocycles. The molecule has 0 N–H and O–H groups in total. The molecule has 5 heteroatoms. The van der Waals surface area contributed by atoms with Crippen molar-refractivity contribution in [3.63, 3.8) is 0 Å². The van der Waals surface area contributed by atoms with Gasteiger partial charge in [0.25, 0.3) is 0 Å². The lowest BCUT2D eigenvalue weighted by atomic mass is 10.1. The quantitative estimate of drug-likeness (QED) is 0.263. The van der Waals surface area contributed by atoms with Gasteiger partial charge in [0.05, 0.1) is 14.2 Å². The van der Waals surface area contributed by atoms with Gasteiger partial charge in [0.1, 0.15) is 11.6 Å². The first-order valence-electron chi connectivity index (χ1n) is 9.04. The van der Waals surface area contributed by atoms with E-state index < -0.39 is 0 Å². The van der Waals surface area contributed by atoms with Gasteiger partial charge in [0.15, 0.2) is 0 Å². The van der Waals surface area contributed by atoms with Gasteiger partial charge in [-0.3, -0.25) is 0 Å². The predicted molar refractivity (Wildman–Crippen MR) is 119 cm³/mol. The van der Waals surface area contributed by atoms with E-state index in [2.05, 4.69) is 37.9 Å². The molecule has 27 heavy (non-hydrogen) atoms. The Morgan fingerprint density at radius 1 is 0.852 bits per heavy atom. The van der Waals surface area contributed by atoms with Crippen LogP contribution in [0.1, 0.15) is 31.2 Å². The maximum Gasteiger partial charge on any atom is 0.123 e. The minimum Gasteiger partial charge on any atom is -0.494 e. The van der Waals surface area contributed by atoms with Crippen molar-refractivity contribution in [3.05, 3.63) is 73.6 Å². The van der Waals surface area contributed by atoms with Gasteiger partial charge in [-0.25, -0.2) is 4.39 Å². The average Bonchev–Trinajstić information content (AvgIpc) is 2.98. The first-order valence-corrected chi connectivity index (χ1v) is 11.4. The summed E-state index contributed by atoms with van der Waals surface area (Å²) in [6.45, 7) is 0.729. The van der Waals surface area contributed by atoms with E-state index in [0.717, 1.165) is 36.3 Å². The Hall–Kier alpha value is -1.17. The molecule has 0 amide bonds. The molecule has 1 aromatic heterocycles. The molecule has 3 rings (SSSR count). The van der Waals surface area contributed by atoms with E-state index in [9.17, 15) is 4.39 Å². The fraction of sp³-hybridized carbons (Fsp3) is 0.273. The number of ether oxygens (including phenoxy) is 1. The number of rotatable bonds is 9. The standard InChI is InChI=1S/C22H21Br2FOS/c23-21-15-18(22(24)27-21)6-3-1-2-4-13-26-20-11-9-16(10-12-20)17-7-5-8-19(25)14-17/h5,7-12,14-15H,1-4,6,13H2. The normalized spacial score (nSPS) is 10.9. The van der Waals surface area contributed by atoms with Crippen molar-refractivity contribution in [1.82, 2.24) is 0 Å². The fourth-order valence-corrected chi connectivity index (χ4v) is 5.83. The average molecular weight is 512 g/mol. The number of thiophene rings is 1. The minimum absolute atomic E-state index is 0.216. The lowest BCUT2D eigenvalue weighted by molar-refractivity contribution is 0.304. The highest BCUT2D eigenvalue weighted by atomic mass is 79.9. The van der Waals surface area contributed by atoms with Crippen LogP contribution in [0.15, 0.2) is 62.2 Å².